The Kier molecular flexibility index (Phi) is 12.5. The third-order valence-corrected chi connectivity index (χ3v) is 10.3. The lowest BCUT2D eigenvalue weighted by molar-refractivity contribution is -0.372. The van der Waals surface area contributed by atoms with Crippen LogP contribution in [0.4, 0.5) is 0 Å². The second kappa shape index (κ2) is 17.5. The SMILES string of the molecule is CC(C)Cc1c2c(cc3c1OC1c4cc(OOC5C(OCCN)OC(COC(=O)CC(=O)O)C(O)C5O)c(Cc5cccc(O)c5CO)cc4OCC31)OC(CO)O2. The number of aromatic hydroxyl groups is 1. The predicted molar refractivity (Wildman–Crippen MR) is 196 cm³/mol. The molecule has 1 saturated heterocycles. The first-order valence-corrected chi connectivity index (χ1v) is 18.9. The summed E-state index contributed by atoms with van der Waals surface area (Å²) in [4.78, 5) is 34.6. The van der Waals surface area contributed by atoms with Gasteiger partial charge in [-0.25, -0.2) is 0 Å². The number of aliphatic hydroxyl groups excluding tert-OH is 4. The van der Waals surface area contributed by atoms with Gasteiger partial charge in [-0.15, -0.1) is 0 Å². The maximum atomic E-state index is 11.9. The number of aliphatic carboxylic acids is 1. The second-order valence-corrected chi connectivity index (χ2v) is 14.8. The van der Waals surface area contributed by atoms with Gasteiger partial charge in [-0.3, -0.25) is 9.59 Å². The monoisotopic (exact) mass is 813 g/mol. The minimum atomic E-state index is -1.73. The number of aliphatic hydroxyl groups is 4. The molecule has 7 rings (SSSR count). The molecule has 58 heavy (non-hydrogen) atoms. The lowest BCUT2D eigenvalue weighted by atomic mass is 9.86. The van der Waals surface area contributed by atoms with E-state index in [9.17, 15) is 35.1 Å². The fourth-order valence-corrected chi connectivity index (χ4v) is 7.58. The van der Waals surface area contributed by atoms with Crippen LogP contribution < -0.4 is 29.6 Å². The van der Waals surface area contributed by atoms with Crippen molar-refractivity contribution in [2.75, 3.05) is 33.0 Å². The van der Waals surface area contributed by atoms with Crippen LogP contribution in [0.2, 0.25) is 0 Å². The summed E-state index contributed by atoms with van der Waals surface area (Å²) in [6.07, 6.45) is -9.26. The zero-order chi connectivity index (χ0) is 41.2. The number of hydrogen-bond donors (Lipinski definition) is 7. The number of rotatable bonds is 16. The summed E-state index contributed by atoms with van der Waals surface area (Å²) in [5, 5.41) is 61.5. The molecule has 0 aromatic heterocycles. The predicted octanol–water partition coefficient (Wildman–Crippen LogP) is 1.49. The van der Waals surface area contributed by atoms with E-state index in [1.165, 1.54) is 6.07 Å². The van der Waals surface area contributed by atoms with E-state index in [0.717, 1.165) is 11.1 Å². The topological polar surface area (TPSA) is 265 Å². The van der Waals surface area contributed by atoms with Crippen molar-refractivity contribution in [3.63, 3.8) is 0 Å². The number of ether oxygens (including phenoxy) is 7. The van der Waals surface area contributed by atoms with E-state index < -0.39 is 74.7 Å². The summed E-state index contributed by atoms with van der Waals surface area (Å²) in [6.45, 7) is 2.99. The van der Waals surface area contributed by atoms with Gasteiger partial charge in [-0.2, -0.15) is 4.89 Å². The summed E-state index contributed by atoms with van der Waals surface area (Å²) < 4.78 is 41.5. The lowest BCUT2D eigenvalue weighted by Gasteiger charge is -2.41. The van der Waals surface area contributed by atoms with Crippen molar-refractivity contribution in [3.05, 3.63) is 69.8 Å². The molecule has 1 fully saturated rings. The highest BCUT2D eigenvalue weighted by Crippen LogP contribution is 2.58. The van der Waals surface area contributed by atoms with E-state index in [1.54, 1.807) is 24.3 Å². The number of fused-ring (bicyclic) bond motifs is 6. The fraction of sp³-hybridized carbons (Fsp3) is 0.500. The van der Waals surface area contributed by atoms with Crippen LogP contribution in [0.15, 0.2) is 36.4 Å². The highest BCUT2D eigenvalue weighted by molar-refractivity contribution is 5.90. The first-order valence-electron chi connectivity index (χ1n) is 18.9. The Hall–Kier alpha value is -4.92. The standard InChI is InChI=1S/C40H47NO17/c1-18(2)8-23-36-21(11-29-38(23)55-33(15-43)53-29)25-16-51-28-10-20(9-19-4-3-5-26(44)24(19)14-42)27(12-22(28)37(25)56-36)57-58-39-35(49)34(48)30(54-40(39)50-7-6-41)17-52-32(47)13-31(45)46/h3-5,10-12,18,25,30,33-35,37,39-40,42-44,48-49H,6-9,13-17,41H2,1-2H3,(H,45,46). The molecule has 8 atom stereocenters. The average Bonchev–Trinajstić information content (AvgIpc) is 3.79. The Morgan fingerprint density at radius 3 is 2.50 bits per heavy atom. The smallest absolute Gasteiger partial charge is 0.317 e. The highest BCUT2D eigenvalue weighted by Gasteiger charge is 2.49. The van der Waals surface area contributed by atoms with Gasteiger partial charge in [0.2, 0.25) is 0 Å². The van der Waals surface area contributed by atoms with Gasteiger partial charge in [0.25, 0.3) is 6.29 Å². The normalized spacial score (nSPS) is 25.3. The third kappa shape index (κ3) is 8.32. The van der Waals surface area contributed by atoms with Crippen LogP contribution in [-0.4, -0.2) is 113 Å². The first-order chi connectivity index (χ1) is 27.9. The second-order valence-electron chi connectivity index (χ2n) is 14.8. The molecule has 0 spiro atoms. The number of carboxylic acid groups (broad SMARTS) is 1. The van der Waals surface area contributed by atoms with Crippen molar-refractivity contribution in [3.8, 4) is 34.5 Å². The van der Waals surface area contributed by atoms with Crippen molar-refractivity contribution in [1.29, 1.82) is 0 Å². The highest BCUT2D eigenvalue weighted by atomic mass is 17.2. The van der Waals surface area contributed by atoms with E-state index in [2.05, 4.69) is 13.8 Å². The van der Waals surface area contributed by atoms with Crippen LogP contribution in [0, 0.1) is 5.92 Å². The molecule has 0 amide bonds. The van der Waals surface area contributed by atoms with Crippen LogP contribution in [0.5, 0.6) is 34.5 Å². The van der Waals surface area contributed by atoms with E-state index in [4.69, 9.17) is 53.8 Å². The molecule has 3 aromatic rings. The molecule has 0 saturated carbocycles. The molecular formula is C40H47NO17. The number of carbonyl (C=O) groups is 2. The number of benzene rings is 3. The quantitative estimate of drug-likeness (QED) is 0.0467. The Morgan fingerprint density at radius 2 is 1.78 bits per heavy atom. The summed E-state index contributed by atoms with van der Waals surface area (Å²) in [7, 11) is 0. The van der Waals surface area contributed by atoms with Gasteiger partial charge in [-0.1, -0.05) is 26.0 Å². The number of carbonyl (C=O) groups excluding carboxylic acids is 1. The van der Waals surface area contributed by atoms with Gasteiger partial charge in [0.15, 0.2) is 29.6 Å². The summed E-state index contributed by atoms with van der Waals surface area (Å²) in [5.74, 6) is -0.387. The Morgan fingerprint density at radius 1 is 0.966 bits per heavy atom. The van der Waals surface area contributed by atoms with Crippen molar-refractivity contribution in [1.82, 2.24) is 0 Å². The molecule has 0 radical (unpaired) electrons. The van der Waals surface area contributed by atoms with Gasteiger partial charge in [-0.05, 0) is 42.2 Å². The molecule has 18 nitrogen and oxygen atoms in total. The van der Waals surface area contributed by atoms with Gasteiger partial charge >= 0.3 is 11.9 Å². The minimum Gasteiger partial charge on any atom is -0.508 e. The van der Waals surface area contributed by atoms with Crippen LogP contribution >= 0.6 is 0 Å². The minimum absolute atomic E-state index is 0.0452. The number of carboxylic acids is 1. The number of phenols is 1. The van der Waals surface area contributed by atoms with E-state index in [1.807, 2.05) is 6.07 Å². The largest absolute Gasteiger partial charge is 0.508 e. The number of hydrogen-bond acceptors (Lipinski definition) is 17. The molecule has 4 aliphatic rings. The van der Waals surface area contributed by atoms with Gasteiger partial charge < -0.3 is 74.4 Å². The van der Waals surface area contributed by atoms with E-state index >= 15 is 0 Å². The molecule has 314 valence electrons. The number of nitrogens with two attached hydrogens (primary N) is 1. The third-order valence-electron chi connectivity index (χ3n) is 10.3. The first kappa shape index (κ1) is 41.2. The van der Waals surface area contributed by atoms with Crippen molar-refractivity contribution < 1.29 is 83.2 Å². The molecule has 8 N–H and O–H groups in total. The zero-order valence-corrected chi connectivity index (χ0v) is 31.8. The van der Waals surface area contributed by atoms with Crippen LogP contribution in [0.25, 0.3) is 0 Å². The molecular weight excluding hydrogens is 766 g/mol. The average molecular weight is 814 g/mol. The van der Waals surface area contributed by atoms with Crippen LogP contribution in [-0.2, 0) is 48.1 Å². The summed E-state index contributed by atoms with van der Waals surface area (Å²) in [6, 6.07) is 10.1. The molecule has 18 heteroatoms. The maximum Gasteiger partial charge on any atom is 0.317 e. The van der Waals surface area contributed by atoms with Crippen molar-refractivity contribution >= 4 is 11.9 Å². The molecule has 8 unspecified atom stereocenters. The maximum absolute atomic E-state index is 11.9. The molecule has 4 heterocycles. The molecule has 0 bridgehead atoms. The molecule has 3 aromatic carbocycles. The van der Waals surface area contributed by atoms with E-state index in [0.29, 0.717) is 51.7 Å². The number of esters is 1. The van der Waals surface area contributed by atoms with Gasteiger partial charge in [0, 0.05) is 40.8 Å². The van der Waals surface area contributed by atoms with Gasteiger partial charge in [0.05, 0.1) is 25.7 Å². The Labute approximate surface area is 332 Å². The zero-order valence-electron chi connectivity index (χ0n) is 31.8. The van der Waals surface area contributed by atoms with Crippen molar-refractivity contribution in [2.45, 2.75) is 88.7 Å². The molecule has 0 aliphatic carbocycles. The summed E-state index contributed by atoms with van der Waals surface area (Å²) >= 11 is 0. The van der Waals surface area contributed by atoms with Crippen molar-refractivity contribution in [2.24, 2.45) is 11.7 Å². The van der Waals surface area contributed by atoms with Gasteiger partial charge in [0.1, 0.15) is 61.3 Å². The van der Waals surface area contributed by atoms with Crippen LogP contribution in [0.1, 0.15) is 65.7 Å². The fourth-order valence-electron chi connectivity index (χ4n) is 7.58. The Balaban J connectivity index is 1.21. The lowest BCUT2D eigenvalue weighted by Crippen LogP contribution is -2.60. The summed E-state index contributed by atoms with van der Waals surface area (Å²) in [5.41, 5.74) is 9.28. The van der Waals surface area contributed by atoms with Crippen LogP contribution in [0.3, 0.4) is 0 Å². The Bertz CT molecular complexity index is 1990. The molecule has 4 aliphatic heterocycles. The van der Waals surface area contributed by atoms with E-state index in [-0.39, 0.29) is 56.1 Å².